The van der Waals surface area contributed by atoms with E-state index in [1.165, 1.54) is 16.7 Å². The highest BCUT2D eigenvalue weighted by atomic mass is 16.5. The van der Waals surface area contributed by atoms with Crippen molar-refractivity contribution in [3.05, 3.63) is 52.4 Å². The largest absolute Gasteiger partial charge is 0.394 e. The maximum atomic E-state index is 9.13. The normalized spacial score (nSPS) is 22.0. The lowest BCUT2D eigenvalue weighted by Crippen LogP contribution is -2.41. The summed E-state index contributed by atoms with van der Waals surface area (Å²) in [4.78, 5) is 2.52. The van der Waals surface area contributed by atoms with Gasteiger partial charge in [0.1, 0.15) is 5.76 Å². The first-order chi connectivity index (χ1) is 12.6. The Morgan fingerprint density at radius 1 is 1.27 bits per heavy atom. The minimum absolute atomic E-state index is 0.0802. The lowest BCUT2D eigenvalue weighted by Gasteiger charge is -2.40. The number of fused-ring (bicyclic) bond motifs is 2. The third-order valence-corrected chi connectivity index (χ3v) is 6.24. The number of piperidine rings is 1. The highest BCUT2D eigenvalue weighted by Gasteiger charge is 2.45. The van der Waals surface area contributed by atoms with E-state index < -0.39 is 0 Å². The number of hydrogen-bond donors (Lipinski definition) is 1. The molecule has 1 spiro atoms. The van der Waals surface area contributed by atoms with Gasteiger partial charge in [-0.25, -0.2) is 0 Å². The van der Waals surface area contributed by atoms with Crippen LogP contribution in [0.2, 0.25) is 0 Å². The average molecular weight is 356 g/mol. The quantitative estimate of drug-likeness (QED) is 0.891. The topological polar surface area (TPSA) is 58.7 Å². The van der Waals surface area contributed by atoms with Crippen LogP contribution in [0, 0.1) is 13.8 Å². The fourth-order valence-corrected chi connectivity index (χ4v) is 4.74. The smallest absolute Gasteiger partial charge is 0.138 e. The molecule has 4 rings (SSSR count). The third kappa shape index (κ3) is 3.08. The molecule has 1 fully saturated rings. The van der Waals surface area contributed by atoms with E-state index in [9.17, 15) is 0 Å². The molecular weight excluding hydrogens is 328 g/mol. The van der Waals surface area contributed by atoms with Gasteiger partial charge in [0.05, 0.1) is 25.0 Å². The maximum absolute atomic E-state index is 9.13. The van der Waals surface area contributed by atoms with Crippen LogP contribution >= 0.6 is 0 Å². The Kier molecular flexibility index (Phi) is 4.86. The van der Waals surface area contributed by atoms with E-state index >= 15 is 0 Å². The van der Waals surface area contributed by atoms with Crippen LogP contribution in [0.25, 0.3) is 0 Å². The summed E-state index contributed by atoms with van der Waals surface area (Å²) in [6.07, 6.45) is 3.44. The maximum Gasteiger partial charge on any atom is 0.138 e. The Morgan fingerprint density at radius 3 is 2.73 bits per heavy atom. The first-order valence-corrected chi connectivity index (χ1v) is 9.59. The number of aryl methyl sites for hydroxylation is 2. The van der Waals surface area contributed by atoms with E-state index in [1.54, 1.807) is 0 Å². The second-order valence-corrected chi connectivity index (χ2v) is 7.73. The molecule has 2 aliphatic rings. The Hall–Kier alpha value is -1.69. The Morgan fingerprint density at radius 2 is 2.04 bits per heavy atom. The zero-order valence-electron chi connectivity index (χ0n) is 15.7. The Bertz CT molecular complexity index is 743. The van der Waals surface area contributed by atoms with E-state index in [0.29, 0.717) is 6.61 Å². The second kappa shape index (κ2) is 7.14. The molecular formula is C21H28N2O3. The zero-order valence-corrected chi connectivity index (χ0v) is 15.7. The Balaban J connectivity index is 1.48. The van der Waals surface area contributed by atoms with E-state index in [2.05, 4.69) is 34.3 Å². The summed E-state index contributed by atoms with van der Waals surface area (Å²) in [6.45, 7) is 7.58. The number of benzene rings is 1. The summed E-state index contributed by atoms with van der Waals surface area (Å²) in [7, 11) is 0. The molecule has 26 heavy (non-hydrogen) atoms. The van der Waals surface area contributed by atoms with Crippen molar-refractivity contribution in [2.24, 2.45) is 0 Å². The van der Waals surface area contributed by atoms with E-state index in [1.807, 2.05) is 13.8 Å². The monoisotopic (exact) mass is 356 g/mol. The summed E-state index contributed by atoms with van der Waals surface area (Å²) in [6, 6.07) is 8.72. The number of aliphatic hydroxyl groups excluding tert-OH is 1. The van der Waals surface area contributed by atoms with Gasteiger partial charge in [0, 0.05) is 17.5 Å². The minimum atomic E-state index is 0.0802. The lowest BCUT2D eigenvalue weighted by atomic mass is 9.73. The van der Waals surface area contributed by atoms with Crippen LogP contribution in [-0.2, 0) is 16.7 Å². The number of likely N-dealkylation sites (tertiary alicyclic amines) is 1. The van der Waals surface area contributed by atoms with Crippen molar-refractivity contribution in [1.29, 1.82) is 0 Å². The van der Waals surface area contributed by atoms with Crippen molar-refractivity contribution < 1.29 is 14.4 Å². The second-order valence-electron chi connectivity index (χ2n) is 7.73. The Labute approximate surface area is 154 Å². The number of rotatable bonds is 5. The van der Waals surface area contributed by atoms with Gasteiger partial charge in [0.15, 0.2) is 0 Å². The molecule has 1 aliphatic heterocycles. The molecule has 2 aromatic rings. The number of ether oxygens (including phenoxy) is 1. The standard InChI is InChI=1S/C21H28N2O3/c1-15-18(16(2)26-22-15)14-23-9-7-21(8-10-23)13-20(25-12-11-24)17-5-3-4-6-19(17)21/h3-6,20,24H,7-14H2,1-2H3. The molecule has 1 N–H and O–H groups in total. The molecule has 1 saturated heterocycles. The number of hydrogen-bond acceptors (Lipinski definition) is 5. The number of aromatic nitrogens is 1. The third-order valence-electron chi connectivity index (χ3n) is 6.24. The fraction of sp³-hybridized carbons (Fsp3) is 0.571. The molecule has 1 atom stereocenters. The predicted octanol–water partition coefficient (Wildman–Crippen LogP) is 3.28. The number of aliphatic hydroxyl groups is 1. The van der Waals surface area contributed by atoms with Gasteiger partial charge in [0.25, 0.3) is 0 Å². The van der Waals surface area contributed by atoms with Gasteiger partial charge < -0.3 is 14.4 Å². The number of nitrogens with zero attached hydrogens (tertiary/aromatic N) is 2. The minimum Gasteiger partial charge on any atom is -0.394 e. The molecule has 1 aromatic carbocycles. The SMILES string of the molecule is Cc1noc(C)c1CN1CCC2(CC1)CC(OCCO)c1ccccc12. The highest BCUT2D eigenvalue weighted by molar-refractivity contribution is 5.42. The molecule has 140 valence electrons. The summed E-state index contributed by atoms with van der Waals surface area (Å²) < 4.78 is 11.3. The molecule has 5 nitrogen and oxygen atoms in total. The van der Waals surface area contributed by atoms with Crippen molar-refractivity contribution in [3.8, 4) is 0 Å². The molecule has 5 heteroatoms. The molecule has 0 radical (unpaired) electrons. The van der Waals surface area contributed by atoms with Crippen LogP contribution in [-0.4, -0.2) is 41.5 Å². The van der Waals surface area contributed by atoms with Gasteiger partial charge in [-0.3, -0.25) is 4.90 Å². The van der Waals surface area contributed by atoms with Gasteiger partial charge in [-0.05, 0) is 57.3 Å². The first kappa shape index (κ1) is 17.7. The van der Waals surface area contributed by atoms with Crippen LogP contribution in [0.4, 0.5) is 0 Å². The first-order valence-electron chi connectivity index (χ1n) is 9.59. The molecule has 1 unspecified atom stereocenters. The highest BCUT2D eigenvalue weighted by Crippen LogP contribution is 2.52. The lowest BCUT2D eigenvalue weighted by molar-refractivity contribution is 0.0128. The molecule has 1 aromatic heterocycles. The average Bonchev–Trinajstić information content (AvgIpc) is 3.14. The van der Waals surface area contributed by atoms with E-state index in [0.717, 1.165) is 50.4 Å². The summed E-state index contributed by atoms with van der Waals surface area (Å²) in [5.74, 6) is 0.937. The van der Waals surface area contributed by atoms with Crippen LogP contribution in [0.15, 0.2) is 28.8 Å². The van der Waals surface area contributed by atoms with Gasteiger partial charge >= 0.3 is 0 Å². The summed E-state index contributed by atoms with van der Waals surface area (Å²) >= 11 is 0. The van der Waals surface area contributed by atoms with Gasteiger partial charge in [-0.1, -0.05) is 29.4 Å². The van der Waals surface area contributed by atoms with Crippen LogP contribution in [0.1, 0.15) is 53.5 Å². The van der Waals surface area contributed by atoms with Crippen molar-refractivity contribution in [1.82, 2.24) is 10.1 Å². The molecule has 0 saturated carbocycles. The van der Waals surface area contributed by atoms with Crippen LogP contribution in [0.5, 0.6) is 0 Å². The van der Waals surface area contributed by atoms with Crippen molar-refractivity contribution >= 4 is 0 Å². The van der Waals surface area contributed by atoms with Crippen molar-refractivity contribution in [2.45, 2.75) is 51.2 Å². The van der Waals surface area contributed by atoms with Crippen molar-refractivity contribution in [2.75, 3.05) is 26.3 Å². The van der Waals surface area contributed by atoms with Gasteiger partial charge in [0.2, 0.25) is 0 Å². The van der Waals surface area contributed by atoms with Gasteiger partial charge in [-0.15, -0.1) is 0 Å². The van der Waals surface area contributed by atoms with Crippen LogP contribution in [0.3, 0.4) is 0 Å². The van der Waals surface area contributed by atoms with E-state index in [4.69, 9.17) is 14.4 Å². The summed E-state index contributed by atoms with van der Waals surface area (Å²) in [5, 5.41) is 13.2. The summed E-state index contributed by atoms with van der Waals surface area (Å²) in [5.41, 5.74) is 5.23. The fourth-order valence-electron chi connectivity index (χ4n) is 4.74. The van der Waals surface area contributed by atoms with Crippen molar-refractivity contribution in [3.63, 3.8) is 0 Å². The molecule has 0 amide bonds. The molecule has 2 heterocycles. The molecule has 1 aliphatic carbocycles. The van der Waals surface area contributed by atoms with Gasteiger partial charge in [-0.2, -0.15) is 0 Å². The molecule has 0 bridgehead atoms. The van der Waals surface area contributed by atoms with E-state index in [-0.39, 0.29) is 18.1 Å². The zero-order chi connectivity index (χ0) is 18.1. The van der Waals surface area contributed by atoms with Crippen LogP contribution < -0.4 is 0 Å². The predicted molar refractivity (Wildman–Crippen MR) is 99.0 cm³/mol.